The van der Waals surface area contributed by atoms with Crippen molar-refractivity contribution in [2.24, 2.45) is 0 Å². The Morgan fingerprint density at radius 2 is 1.77 bits per heavy atom. The normalized spacial score (nSPS) is 11.9. The summed E-state index contributed by atoms with van der Waals surface area (Å²) in [7, 11) is -3.45. The Balaban J connectivity index is 1.84. The highest BCUT2D eigenvalue weighted by atomic mass is 32.2. The van der Waals surface area contributed by atoms with Gasteiger partial charge in [-0.15, -0.1) is 11.3 Å². The third-order valence-corrected chi connectivity index (χ3v) is 6.47. The van der Waals surface area contributed by atoms with E-state index in [4.69, 9.17) is 0 Å². The van der Waals surface area contributed by atoms with Gasteiger partial charge in [0.25, 0.3) is 0 Å². The summed E-state index contributed by atoms with van der Waals surface area (Å²) in [5.41, 5.74) is 1.33. The van der Waals surface area contributed by atoms with Crippen molar-refractivity contribution in [2.75, 3.05) is 11.0 Å². The monoisotopic (exact) mass is 402 g/mol. The van der Waals surface area contributed by atoms with Crippen molar-refractivity contribution in [1.29, 1.82) is 0 Å². The zero-order valence-corrected chi connectivity index (χ0v) is 16.1. The number of hydrogen-bond donors (Lipinski definition) is 2. The van der Waals surface area contributed by atoms with Gasteiger partial charge in [0, 0.05) is 10.8 Å². The number of phenolic OH excluding ortho intramolecular Hbond substituents is 1. The number of rotatable bonds is 4. The second kappa shape index (κ2) is 6.46. The van der Waals surface area contributed by atoms with Crippen LogP contribution in [0, 0.1) is 0 Å². The predicted molar refractivity (Wildman–Crippen MR) is 108 cm³/mol. The van der Waals surface area contributed by atoms with E-state index >= 15 is 0 Å². The van der Waals surface area contributed by atoms with E-state index in [1.807, 2.05) is 24.3 Å². The first-order valence-corrected chi connectivity index (χ1v) is 11.2. The van der Waals surface area contributed by atoms with E-state index in [-0.39, 0.29) is 5.75 Å². The fourth-order valence-corrected chi connectivity index (χ4v) is 5.37. The summed E-state index contributed by atoms with van der Waals surface area (Å²) in [5.74, 6) is 0.115. The van der Waals surface area contributed by atoms with Gasteiger partial charge in [-0.25, -0.2) is 13.4 Å². The summed E-state index contributed by atoms with van der Waals surface area (Å²) < 4.78 is 27.8. The molecule has 1 aromatic heterocycles. The van der Waals surface area contributed by atoms with E-state index in [0.717, 1.165) is 20.8 Å². The van der Waals surface area contributed by atoms with Crippen molar-refractivity contribution in [3.05, 3.63) is 54.6 Å². The van der Waals surface area contributed by atoms with Crippen LogP contribution in [0.15, 0.2) is 63.8 Å². The third-order valence-electron chi connectivity index (χ3n) is 3.75. The van der Waals surface area contributed by atoms with Crippen LogP contribution >= 0.6 is 23.1 Å². The molecule has 0 saturated carbocycles. The van der Waals surface area contributed by atoms with Crippen LogP contribution in [0.2, 0.25) is 0 Å². The quantitative estimate of drug-likeness (QED) is 0.485. The Morgan fingerprint density at radius 3 is 2.50 bits per heavy atom. The second-order valence-corrected chi connectivity index (χ2v) is 9.81. The number of nitrogens with zero attached hydrogens (tertiary/aromatic N) is 1. The lowest BCUT2D eigenvalue weighted by Crippen LogP contribution is -2.10. The van der Waals surface area contributed by atoms with Crippen molar-refractivity contribution in [1.82, 2.24) is 4.98 Å². The number of phenols is 1. The van der Waals surface area contributed by atoms with Crippen molar-refractivity contribution in [2.45, 2.75) is 9.24 Å². The Bertz CT molecular complexity index is 1200. The molecule has 0 saturated heterocycles. The smallest absolute Gasteiger partial charge is 0.229 e. The summed E-state index contributed by atoms with van der Waals surface area (Å²) >= 11 is 2.84. The molecule has 0 atom stereocenters. The maximum absolute atomic E-state index is 11.7. The molecule has 0 aliphatic carbocycles. The van der Waals surface area contributed by atoms with Crippen LogP contribution in [0.3, 0.4) is 0 Å². The number of para-hydroxylation sites is 1. The van der Waals surface area contributed by atoms with Gasteiger partial charge in [0.05, 0.1) is 27.1 Å². The summed E-state index contributed by atoms with van der Waals surface area (Å²) in [6.07, 6.45) is 1.11. The fraction of sp³-hybridized carbons (Fsp3) is 0.0556. The number of aromatic nitrogens is 1. The maximum atomic E-state index is 11.7. The molecule has 0 radical (unpaired) electrons. The molecule has 0 fully saturated rings. The number of sulfonamides is 1. The van der Waals surface area contributed by atoms with E-state index in [1.54, 1.807) is 30.3 Å². The van der Waals surface area contributed by atoms with Crippen molar-refractivity contribution in [3.63, 3.8) is 0 Å². The highest BCUT2D eigenvalue weighted by Gasteiger charge is 2.16. The molecule has 1 heterocycles. The number of nitrogens with one attached hydrogen (secondary N) is 1. The van der Waals surface area contributed by atoms with Crippen molar-refractivity contribution >= 4 is 59.8 Å². The van der Waals surface area contributed by atoms with Gasteiger partial charge in [-0.05, 0) is 18.2 Å². The van der Waals surface area contributed by atoms with Gasteiger partial charge >= 0.3 is 0 Å². The minimum absolute atomic E-state index is 0.115. The first-order chi connectivity index (χ1) is 12.4. The Labute approximate surface area is 158 Å². The molecule has 0 amide bonds. The molecule has 26 heavy (non-hydrogen) atoms. The lowest BCUT2D eigenvalue weighted by molar-refractivity contribution is 0.469. The van der Waals surface area contributed by atoms with Gasteiger partial charge < -0.3 is 5.11 Å². The average Bonchev–Trinajstić information content (AvgIpc) is 3.00. The van der Waals surface area contributed by atoms with E-state index in [1.165, 1.54) is 23.1 Å². The van der Waals surface area contributed by atoms with Crippen LogP contribution in [0.4, 0.5) is 5.69 Å². The van der Waals surface area contributed by atoms with Gasteiger partial charge in [0.1, 0.15) is 5.75 Å². The zero-order chi connectivity index (χ0) is 18.3. The first-order valence-electron chi connectivity index (χ1n) is 7.67. The average molecular weight is 403 g/mol. The van der Waals surface area contributed by atoms with Gasteiger partial charge in [-0.2, -0.15) is 0 Å². The summed E-state index contributed by atoms with van der Waals surface area (Å²) in [5, 5.41) is 11.9. The number of benzene rings is 3. The van der Waals surface area contributed by atoms with Gasteiger partial charge in [0.2, 0.25) is 10.0 Å². The standard InChI is InChI=1S/C18H14N2O3S3/c1-26(22,23)20-14-10-16(17(21)12-7-3-2-6-11(12)14)25-18-19-13-8-4-5-9-15(13)24-18/h2-10,20-21H,1H3. The molecule has 2 N–H and O–H groups in total. The van der Waals surface area contributed by atoms with Crippen LogP contribution in [0.1, 0.15) is 0 Å². The predicted octanol–water partition coefficient (Wildman–Crippen LogP) is 4.68. The maximum Gasteiger partial charge on any atom is 0.229 e. The summed E-state index contributed by atoms with van der Waals surface area (Å²) in [6, 6.07) is 16.6. The van der Waals surface area contributed by atoms with E-state index in [0.29, 0.717) is 21.4 Å². The number of anilines is 1. The van der Waals surface area contributed by atoms with E-state index in [2.05, 4.69) is 9.71 Å². The SMILES string of the molecule is CS(=O)(=O)Nc1cc(Sc2nc3ccccc3s2)c(O)c2ccccc12. The number of aromatic hydroxyl groups is 1. The minimum Gasteiger partial charge on any atom is -0.506 e. The van der Waals surface area contributed by atoms with Gasteiger partial charge in [-0.1, -0.05) is 48.2 Å². The number of hydrogen-bond acceptors (Lipinski definition) is 6. The zero-order valence-electron chi connectivity index (χ0n) is 13.6. The molecule has 0 aliphatic heterocycles. The Morgan fingerprint density at radius 1 is 1.08 bits per heavy atom. The summed E-state index contributed by atoms with van der Waals surface area (Å²) in [4.78, 5) is 5.12. The number of fused-ring (bicyclic) bond motifs is 2. The van der Waals surface area contributed by atoms with E-state index in [9.17, 15) is 13.5 Å². The Kier molecular flexibility index (Phi) is 4.26. The molecule has 3 aromatic carbocycles. The fourth-order valence-electron chi connectivity index (χ4n) is 2.69. The molecule has 0 spiro atoms. The van der Waals surface area contributed by atoms with E-state index < -0.39 is 10.0 Å². The topological polar surface area (TPSA) is 79.3 Å². The molecule has 4 rings (SSSR count). The first kappa shape index (κ1) is 17.1. The van der Waals surface area contributed by atoms with Gasteiger partial charge in [0.15, 0.2) is 4.34 Å². The Hall–Kier alpha value is -2.29. The molecule has 0 aliphatic rings. The van der Waals surface area contributed by atoms with Crippen LogP contribution in [-0.4, -0.2) is 24.8 Å². The van der Waals surface area contributed by atoms with Crippen LogP contribution < -0.4 is 4.72 Å². The van der Waals surface area contributed by atoms with Crippen LogP contribution in [0.5, 0.6) is 5.75 Å². The lowest BCUT2D eigenvalue weighted by atomic mass is 10.1. The molecular formula is C18H14N2O3S3. The molecule has 4 aromatic rings. The highest BCUT2D eigenvalue weighted by molar-refractivity contribution is 8.01. The third kappa shape index (κ3) is 3.35. The van der Waals surface area contributed by atoms with Crippen molar-refractivity contribution < 1.29 is 13.5 Å². The van der Waals surface area contributed by atoms with Crippen LogP contribution in [0.25, 0.3) is 21.0 Å². The molecule has 8 heteroatoms. The van der Waals surface area contributed by atoms with Gasteiger partial charge in [-0.3, -0.25) is 4.72 Å². The molecular weight excluding hydrogens is 388 g/mol. The molecule has 132 valence electrons. The van der Waals surface area contributed by atoms with Crippen molar-refractivity contribution in [3.8, 4) is 5.75 Å². The van der Waals surface area contributed by atoms with Crippen LogP contribution in [-0.2, 0) is 10.0 Å². The minimum atomic E-state index is -3.45. The molecule has 0 bridgehead atoms. The number of thiazole rings is 1. The largest absolute Gasteiger partial charge is 0.506 e. The molecule has 5 nitrogen and oxygen atoms in total. The summed E-state index contributed by atoms with van der Waals surface area (Å²) in [6.45, 7) is 0. The second-order valence-electron chi connectivity index (χ2n) is 5.74. The molecule has 0 unspecified atom stereocenters. The highest BCUT2D eigenvalue weighted by Crippen LogP contribution is 2.44. The lowest BCUT2D eigenvalue weighted by Gasteiger charge is -2.12.